The van der Waals surface area contributed by atoms with Crippen LogP contribution in [0.5, 0.6) is 0 Å². The van der Waals surface area contributed by atoms with Crippen molar-refractivity contribution < 1.29 is 13.5 Å². The number of hydrogen-bond acceptors (Lipinski definition) is 2. The Hall–Kier alpha value is -1.00. The van der Waals surface area contributed by atoms with E-state index in [0.717, 1.165) is 25.5 Å². The van der Waals surface area contributed by atoms with Crippen LogP contribution in [0.4, 0.5) is 8.78 Å². The van der Waals surface area contributed by atoms with Crippen LogP contribution in [0.15, 0.2) is 18.2 Å². The molecule has 2 rings (SSSR count). The summed E-state index contributed by atoms with van der Waals surface area (Å²) in [5.41, 5.74) is 0.361. The second-order valence-corrected chi connectivity index (χ2v) is 4.87. The Kier molecular flexibility index (Phi) is 4.30. The predicted molar refractivity (Wildman–Crippen MR) is 66.3 cm³/mol. The van der Waals surface area contributed by atoms with E-state index in [1.165, 1.54) is 6.07 Å². The number of nitrogens with one attached hydrogen (secondary N) is 1. The monoisotopic (exact) mass is 255 g/mol. The van der Waals surface area contributed by atoms with Gasteiger partial charge in [0.1, 0.15) is 0 Å². The number of benzene rings is 1. The maximum Gasteiger partial charge on any atom is 0.163 e. The van der Waals surface area contributed by atoms with Gasteiger partial charge in [0, 0.05) is 24.3 Å². The molecule has 0 radical (unpaired) electrons. The summed E-state index contributed by atoms with van der Waals surface area (Å²) in [5, 5.41) is 3.27. The first kappa shape index (κ1) is 13.4. The van der Waals surface area contributed by atoms with E-state index in [0.29, 0.717) is 5.56 Å². The molecule has 1 aliphatic heterocycles. The first-order valence-corrected chi connectivity index (χ1v) is 6.41. The second-order valence-electron chi connectivity index (χ2n) is 4.87. The Morgan fingerprint density at radius 2 is 2.11 bits per heavy atom. The zero-order valence-corrected chi connectivity index (χ0v) is 10.7. The molecule has 1 N–H and O–H groups in total. The van der Waals surface area contributed by atoms with E-state index in [1.54, 1.807) is 6.07 Å². The topological polar surface area (TPSA) is 21.3 Å². The first-order valence-electron chi connectivity index (χ1n) is 6.41. The van der Waals surface area contributed by atoms with Crippen molar-refractivity contribution in [2.24, 2.45) is 0 Å². The first-order chi connectivity index (χ1) is 8.59. The molecule has 1 aliphatic rings. The molecule has 1 aromatic rings. The summed E-state index contributed by atoms with van der Waals surface area (Å²) in [6, 6.07) is 4.17. The van der Waals surface area contributed by atoms with Crippen LogP contribution in [-0.4, -0.2) is 18.8 Å². The van der Waals surface area contributed by atoms with Crippen LogP contribution in [-0.2, 0) is 4.74 Å². The fraction of sp³-hybridized carbons (Fsp3) is 0.571. The van der Waals surface area contributed by atoms with Crippen LogP contribution >= 0.6 is 0 Å². The molecule has 1 aromatic carbocycles. The van der Waals surface area contributed by atoms with E-state index in [1.807, 2.05) is 13.8 Å². The number of hydrogen-bond donors (Lipinski definition) is 1. The molecule has 1 heterocycles. The number of rotatable bonds is 4. The fourth-order valence-corrected chi connectivity index (χ4v) is 2.44. The molecule has 100 valence electrons. The smallest absolute Gasteiger partial charge is 0.163 e. The van der Waals surface area contributed by atoms with Gasteiger partial charge in [-0.1, -0.05) is 12.1 Å². The maximum absolute atomic E-state index is 13.6. The van der Waals surface area contributed by atoms with Gasteiger partial charge in [0.15, 0.2) is 11.6 Å². The van der Waals surface area contributed by atoms with E-state index in [9.17, 15) is 8.78 Å². The minimum atomic E-state index is -0.800. The van der Waals surface area contributed by atoms with Crippen LogP contribution in [0.3, 0.4) is 0 Å². The third kappa shape index (κ3) is 2.87. The molecule has 1 saturated heterocycles. The number of ether oxygens (including phenoxy) is 1. The summed E-state index contributed by atoms with van der Waals surface area (Å²) in [5.74, 6) is -1.57. The Morgan fingerprint density at radius 1 is 1.33 bits per heavy atom. The quantitative estimate of drug-likeness (QED) is 0.892. The van der Waals surface area contributed by atoms with Crippen molar-refractivity contribution in [1.29, 1.82) is 0 Å². The minimum Gasteiger partial charge on any atom is -0.377 e. The van der Waals surface area contributed by atoms with Crippen molar-refractivity contribution in [3.8, 4) is 0 Å². The highest BCUT2D eigenvalue weighted by atomic mass is 19.2. The average Bonchev–Trinajstić information content (AvgIpc) is 2.86. The normalized spacial score (nSPS) is 23.0. The largest absolute Gasteiger partial charge is 0.377 e. The molecule has 0 aliphatic carbocycles. The zero-order chi connectivity index (χ0) is 13.1. The summed E-state index contributed by atoms with van der Waals surface area (Å²) in [6.07, 6.45) is 2.26. The fourth-order valence-electron chi connectivity index (χ4n) is 2.44. The van der Waals surface area contributed by atoms with E-state index >= 15 is 0 Å². The molecule has 2 nitrogen and oxygen atoms in total. The highest BCUT2D eigenvalue weighted by Gasteiger charge is 2.24. The SMILES string of the molecule is CC(NC(C)C1CCCO1)c1cccc(F)c1F. The van der Waals surface area contributed by atoms with E-state index in [2.05, 4.69) is 5.32 Å². The molecule has 1 fully saturated rings. The van der Waals surface area contributed by atoms with Gasteiger partial charge in [-0.05, 0) is 32.8 Å². The van der Waals surface area contributed by atoms with Gasteiger partial charge in [0.2, 0.25) is 0 Å². The third-order valence-corrected chi connectivity index (χ3v) is 3.48. The Balaban J connectivity index is 2.02. The van der Waals surface area contributed by atoms with Crippen molar-refractivity contribution in [2.75, 3.05) is 6.61 Å². The van der Waals surface area contributed by atoms with Crippen molar-refractivity contribution >= 4 is 0 Å². The molecule has 0 aromatic heterocycles. The molecule has 18 heavy (non-hydrogen) atoms. The van der Waals surface area contributed by atoms with E-state index in [-0.39, 0.29) is 18.2 Å². The van der Waals surface area contributed by atoms with Gasteiger partial charge in [-0.3, -0.25) is 0 Å². The van der Waals surface area contributed by atoms with Crippen LogP contribution in [0.1, 0.15) is 38.3 Å². The van der Waals surface area contributed by atoms with Gasteiger partial charge < -0.3 is 10.1 Å². The van der Waals surface area contributed by atoms with Crippen molar-refractivity contribution in [1.82, 2.24) is 5.32 Å². The van der Waals surface area contributed by atoms with Gasteiger partial charge in [-0.25, -0.2) is 8.78 Å². The molecular formula is C14H19F2NO. The van der Waals surface area contributed by atoms with Crippen LogP contribution in [0.2, 0.25) is 0 Å². The van der Waals surface area contributed by atoms with Gasteiger partial charge in [-0.2, -0.15) is 0 Å². The predicted octanol–water partition coefficient (Wildman–Crippen LogP) is 3.18. The van der Waals surface area contributed by atoms with Crippen molar-refractivity contribution in [2.45, 2.75) is 44.9 Å². The molecule has 0 spiro atoms. The zero-order valence-electron chi connectivity index (χ0n) is 10.7. The summed E-state index contributed by atoms with van der Waals surface area (Å²) >= 11 is 0. The minimum absolute atomic E-state index is 0.130. The van der Waals surface area contributed by atoms with Crippen molar-refractivity contribution in [3.05, 3.63) is 35.4 Å². The molecule has 4 heteroatoms. The van der Waals surface area contributed by atoms with Gasteiger partial charge >= 0.3 is 0 Å². The highest BCUT2D eigenvalue weighted by molar-refractivity contribution is 5.22. The number of halogens is 2. The van der Waals surface area contributed by atoms with Gasteiger partial charge in [0.05, 0.1) is 6.10 Å². The van der Waals surface area contributed by atoms with Crippen molar-refractivity contribution in [3.63, 3.8) is 0 Å². The van der Waals surface area contributed by atoms with Crippen LogP contribution in [0.25, 0.3) is 0 Å². The second kappa shape index (κ2) is 5.76. The molecule has 0 saturated carbocycles. The summed E-state index contributed by atoms with van der Waals surface area (Å²) in [6.45, 7) is 4.65. The van der Waals surface area contributed by atoms with E-state index < -0.39 is 11.6 Å². The summed E-state index contributed by atoms with van der Waals surface area (Å²) < 4.78 is 32.4. The maximum atomic E-state index is 13.6. The standard InChI is InChI=1S/C14H19F2NO/c1-9(11-5-3-6-12(15)14(11)16)17-10(2)13-7-4-8-18-13/h3,5-6,9-10,13,17H,4,7-8H2,1-2H3. The van der Waals surface area contributed by atoms with Crippen LogP contribution < -0.4 is 5.32 Å². The lowest BCUT2D eigenvalue weighted by Gasteiger charge is -2.25. The Morgan fingerprint density at radius 3 is 2.78 bits per heavy atom. The Bertz CT molecular complexity index is 405. The summed E-state index contributed by atoms with van der Waals surface area (Å²) in [4.78, 5) is 0. The molecule has 0 bridgehead atoms. The van der Waals surface area contributed by atoms with Gasteiger partial charge in [-0.15, -0.1) is 0 Å². The van der Waals surface area contributed by atoms with E-state index in [4.69, 9.17) is 4.74 Å². The lowest BCUT2D eigenvalue weighted by atomic mass is 10.0. The third-order valence-electron chi connectivity index (χ3n) is 3.48. The highest BCUT2D eigenvalue weighted by Crippen LogP contribution is 2.22. The molecule has 3 unspecified atom stereocenters. The van der Waals surface area contributed by atoms with Gasteiger partial charge in [0.25, 0.3) is 0 Å². The summed E-state index contributed by atoms with van der Waals surface area (Å²) in [7, 11) is 0. The average molecular weight is 255 g/mol. The molecule has 0 amide bonds. The Labute approximate surface area is 106 Å². The lowest BCUT2D eigenvalue weighted by molar-refractivity contribution is 0.0802. The molecule has 3 atom stereocenters. The molecular weight excluding hydrogens is 236 g/mol. The lowest BCUT2D eigenvalue weighted by Crippen LogP contribution is -2.38. The van der Waals surface area contributed by atoms with Crippen LogP contribution in [0, 0.1) is 11.6 Å².